The highest BCUT2D eigenvalue weighted by Gasteiger charge is 2.27. The molecule has 2 aromatic rings. The number of rotatable bonds is 3. The van der Waals surface area contributed by atoms with Crippen molar-refractivity contribution >= 4 is 17.2 Å². The third-order valence-corrected chi connectivity index (χ3v) is 5.58. The predicted molar refractivity (Wildman–Crippen MR) is 86.4 cm³/mol. The third kappa shape index (κ3) is 3.03. The third-order valence-electron chi connectivity index (χ3n) is 4.64. The van der Waals surface area contributed by atoms with Crippen LogP contribution in [0.15, 0.2) is 24.1 Å². The molecule has 1 atom stereocenters. The van der Waals surface area contributed by atoms with Crippen molar-refractivity contribution in [3.63, 3.8) is 0 Å². The van der Waals surface area contributed by atoms with Crippen LogP contribution >= 0.6 is 11.3 Å². The van der Waals surface area contributed by atoms with Gasteiger partial charge < -0.3 is 14.2 Å². The summed E-state index contributed by atoms with van der Waals surface area (Å²) in [6, 6.07) is 0.444. The molecule has 0 aliphatic carbocycles. The molecule has 1 amide bonds. The van der Waals surface area contributed by atoms with E-state index in [9.17, 15) is 4.79 Å². The first kappa shape index (κ1) is 14.8. The molecule has 2 fully saturated rings. The summed E-state index contributed by atoms with van der Waals surface area (Å²) in [6.45, 7) is 2.35. The summed E-state index contributed by atoms with van der Waals surface area (Å²) in [7, 11) is 0. The summed E-state index contributed by atoms with van der Waals surface area (Å²) in [4.78, 5) is 23.2. The first-order valence-corrected chi connectivity index (χ1v) is 9.03. The first-order chi connectivity index (χ1) is 11.3. The van der Waals surface area contributed by atoms with Crippen molar-refractivity contribution in [2.45, 2.75) is 37.8 Å². The Morgan fingerprint density at radius 2 is 2.17 bits per heavy atom. The Morgan fingerprint density at radius 1 is 1.30 bits per heavy atom. The molecule has 6 nitrogen and oxygen atoms in total. The van der Waals surface area contributed by atoms with E-state index in [4.69, 9.17) is 4.74 Å². The normalized spacial score (nSPS) is 22.6. The second kappa shape index (κ2) is 6.41. The Morgan fingerprint density at radius 3 is 2.87 bits per heavy atom. The number of ether oxygens (including phenoxy) is 1. The van der Waals surface area contributed by atoms with Crippen molar-refractivity contribution in [1.29, 1.82) is 0 Å². The largest absolute Gasteiger partial charge is 0.371 e. The van der Waals surface area contributed by atoms with Crippen LogP contribution < -0.4 is 0 Å². The Kier molecular flexibility index (Phi) is 4.13. The van der Waals surface area contributed by atoms with E-state index in [0.29, 0.717) is 11.7 Å². The maximum atomic E-state index is 12.6. The summed E-state index contributed by atoms with van der Waals surface area (Å²) in [6.07, 6.45) is 9.77. The SMILES string of the molecule is O=C(c1csc(C2CCCO2)n1)N1CCC(n2ccnc2)CC1. The smallest absolute Gasteiger partial charge is 0.273 e. The molecule has 0 bridgehead atoms. The van der Waals surface area contributed by atoms with Crippen LogP contribution in [0.25, 0.3) is 0 Å². The number of likely N-dealkylation sites (tertiary alicyclic amines) is 1. The van der Waals surface area contributed by atoms with E-state index >= 15 is 0 Å². The number of aromatic nitrogens is 3. The van der Waals surface area contributed by atoms with Gasteiger partial charge in [-0.05, 0) is 25.7 Å². The fraction of sp³-hybridized carbons (Fsp3) is 0.562. The summed E-state index contributed by atoms with van der Waals surface area (Å²) < 4.78 is 7.79. The molecule has 0 spiro atoms. The van der Waals surface area contributed by atoms with Crippen molar-refractivity contribution in [3.05, 3.63) is 34.8 Å². The number of thiazole rings is 1. The van der Waals surface area contributed by atoms with E-state index in [0.717, 1.165) is 50.4 Å². The van der Waals surface area contributed by atoms with Gasteiger partial charge in [0.15, 0.2) is 0 Å². The summed E-state index contributed by atoms with van der Waals surface area (Å²) in [5.41, 5.74) is 0.571. The Bertz CT molecular complexity index is 655. The van der Waals surface area contributed by atoms with Gasteiger partial charge in [-0.3, -0.25) is 4.79 Å². The average molecular weight is 332 g/mol. The molecule has 4 rings (SSSR count). The van der Waals surface area contributed by atoms with Gasteiger partial charge in [-0.1, -0.05) is 0 Å². The lowest BCUT2D eigenvalue weighted by Crippen LogP contribution is -2.39. The lowest BCUT2D eigenvalue weighted by Gasteiger charge is -2.32. The maximum absolute atomic E-state index is 12.6. The number of carbonyl (C=O) groups is 1. The van der Waals surface area contributed by atoms with Gasteiger partial charge >= 0.3 is 0 Å². The topological polar surface area (TPSA) is 60.2 Å². The van der Waals surface area contributed by atoms with Crippen LogP contribution in [-0.4, -0.2) is 45.0 Å². The molecule has 7 heteroatoms. The zero-order chi connectivity index (χ0) is 15.6. The van der Waals surface area contributed by atoms with Gasteiger partial charge in [-0.2, -0.15) is 0 Å². The second-order valence-electron chi connectivity index (χ2n) is 6.11. The van der Waals surface area contributed by atoms with Crippen molar-refractivity contribution in [2.75, 3.05) is 19.7 Å². The van der Waals surface area contributed by atoms with E-state index in [1.54, 1.807) is 17.5 Å². The van der Waals surface area contributed by atoms with Gasteiger partial charge in [0, 0.05) is 43.5 Å². The number of carbonyl (C=O) groups excluding carboxylic acids is 1. The molecule has 2 aliphatic rings. The fourth-order valence-electron chi connectivity index (χ4n) is 3.32. The maximum Gasteiger partial charge on any atom is 0.273 e. The van der Waals surface area contributed by atoms with E-state index in [1.807, 2.05) is 22.8 Å². The molecule has 0 aromatic carbocycles. The van der Waals surface area contributed by atoms with Crippen LogP contribution in [-0.2, 0) is 4.74 Å². The standard InChI is InChI=1S/C16H20N4O2S/c21-16(13-10-23-15(18-13)14-2-1-9-22-14)19-6-3-12(4-7-19)20-8-5-17-11-20/h5,8,10-12,14H,1-4,6-7,9H2. The molecule has 0 saturated carbocycles. The van der Waals surface area contributed by atoms with Crippen LogP contribution in [0.1, 0.15) is 53.3 Å². The zero-order valence-electron chi connectivity index (χ0n) is 12.9. The summed E-state index contributed by atoms with van der Waals surface area (Å²) in [5, 5.41) is 2.82. The highest BCUT2D eigenvalue weighted by Crippen LogP contribution is 2.31. The molecule has 122 valence electrons. The number of hydrogen-bond donors (Lipinski definition) is 0. The van der Waals surface area contributed by atoms with Crippen LogP contribution in [0.2, 0.25) is 0 Å². The molecule has 2 aromatic heterocycles. The van der Waals surface area contributed by atoms with Crippen LogP contribution in [0.3, 0.4) is 0 Å². The molecule has 4 heterocycles. The van der Waals surface area contributed by atoms with Crippen LogP contribution in [0.5, 0.6) is 0 Å². The van der Waals surface area contributed by atoms with Gasteiger partial charge in [-0.25, -0.2) is 9.97 Å². The molecule has 2 aliphatic heterocycles. The average Bonchev–Trinajstić information content (AvgIpc) is 3.36. The van der Waals surface area contributed by atoms with Crippen molar-refractivity contribution in [2.24, 2.45) is 0 Å². The number of nitrogens with zero attached hydrogens (tertiary/aromatic N) is 4. The monoisotopic (exact) mass is 332 g/mol. The Balaban J connectivity index is 1.38. The number of hydrogen-bond acceptors (Lipinski definition) is 5. The quantitative estimate of drug-likeness (QED) is 0.867. The van der Waals surface area contributed by atoms with Gasteiger partial charge in [0.25, 0.3) is 5.91 Å². The molecule has 2 saturated heterocycles. The first-order valence-electron chi connectivity index (χ1n) is 8.15. The highest BCUT2D eigenvalue weighted by molar-refractivity contribution is 7.09. The molecule has 0 radical (unpaired) electrons. The van der Waals surface area contributed by atoms with Crippen LogP contribution in [0, 0.1) is 0 Å². The van der Waals surface area contributed by atoms with E-state index in [1.165, 1.54) is 0 Å². The van der Waals surface area contributed by atoms with E-state index < -0.39 is 0 Å². The minimum Gasteiger partial charge on any atom is -0.371 e. The minimum absolute atomic E-state index is 0.0505. The van der Waals surface area contributed by atoms with Gasteiger partial charge in [-0.15, -0.1) is 11.3 Å². The van der Waals surface area contributed by atoms with E-state index in [-0.39, 0.29) is 12.0 Å². The Hall–Kier alpha value is -1.73. The van der Waals surface area contributed by atoms with Crippen molar-refractivity contribution in [1.82, 2.24) is 19.4 Å². The molecular formula is C16H20N4O2S. The fourth-order valence-corrected chi connectivity index (χ4v) is 4.20. The second-order valence-corrected chi connectivity index (χ2v) is 7.00. The lowest BCUT2D eigenvalue weighted by atomic mass is 10.0. The lowest BCUT2D eigenvalue weighted by molar-refractivity contribution is 0.0688. The summed E-state index contributed by atoms with van der Waals surface area (Å²) >= 11 is 1.54. The zero-order valence-corrected chi connectivity index (χ0v) is 13.7. The Labute approximate surface area is 139 Å². The van der Waals surface area contributed by atoms with Gasteiger partial charge in [0.2, 0.25) is 0 Å². The van der Waals surface area contributed by atoms with E-state index in [2.05, 4.69) is 14.5 Å². The number of imidazole rings is 1. The minimum atomic E-state index is 0.0505. The van der Waals surface area contributed by atoms with Gasteiger partial charge in [0.05, 0.1) is 6.33 Å². The molecular weight excluding hydrogens is 312 g/mol. The predicted octanol–water partition coefficient (Wildman–Crippen LogP) is 2.67. The molecule has 0 N–H and O–H groups in total. The molecule has 1 unspecified atom stereocenters. The molecule has 23 heavy (non-hydrogen) atoms. The number of amides is 1. The van der Waals surface area contributed by atoms with Gasteiger partial charge in [0.1, 0.15) is 16.8 Å². The number of piperidine rings is 1. The van der Waals surface area contributed by atoms with Crippen molar-refractivity contribution in [3.8, 4) is 0 Å². The van der Waals surface area contributed by atoms with Crippen LogP contribution in [0.4, 0.5) is 0 Å². The summed E-state index contributed by atoms with van der Waals surface area (Å²) in [5.74, 6) is 0.0505. The highest BCUT2D eigenvalue weighted by atomic mass is 32.1. The van der Waals surface area contributed by atoms with Crippen molar-refractivity contribution < 1.29 is 9.53 Å².